The number of carbonyl (C=O) groups is 2. The lowest BCUT2D eigenvalue weighted by Crippen LogP contribution is -2.07. The highest BCUT2D eigenvalue weighted by Crippen LogP contribution is 2.26. The number of allylic oxidation sites excluding steroid dienone is 3. The molecule has 2 N–H and O–H groups in total. The van der Waals surface area contributed by atoms with Crippen molar-refractivity contribution in [2.24, 2.45) is 0 Å². The third-order valence-electron chi connectivity index (χ3n) is 2.79. The highest BCUT2D eigenvalue weighted by Gasteiger charge is 2.06. The lowest BCUT2D eigenvalue weighted by molar-refractivity contribution is -0.114. The number of hydrogen-bond acceptors (Lipinski definition) is 4. The SMILES string of the molecule is C/C=C/C=C/C(=O)Nc1nc(-c2ccc(NC(C)=O)cc2)cs1. The largest absolute Gasteiger partial charge is 0.326 e. The van der Waals surface area contributed by atoms with Gasteiger partial charge in [-0.2, -0.15) is 0 Å². The molecule has 5 nitrogen and oxygen atoms in total. The number of rotatable bonds is 5. The third-order valence-corrected chi connectivity index (χ3v) is 3.54. The van der Waals surface area contributed by atoms with Crippen LogP contribution >= 0.6 is 11.3 Å². The van der Waals surface area contributed by atoms with Gasteiger partial charge in [-0.1, -0.05) is 30.4 Å². The normalized spacial score (nSPS) is 11.0. The Morgan fingerprint density at radius 3 is 2.52 bits per heavy atom. The second-order valence-electron chi connectivity index (χ2n) is 4.67. The fraction of sp³-hybridized carbons (Fsp3) is 0.118. The van der Waals surface area contributed by atoms with Crippen molar-refractivity contribution in [2.75, 3.05) is 10.6 Å². The van der Waals surface area contributed by atoms with Gasteiger partial charge >= 0.3 is 0 Å². The van der Waals surface area contributed by atoms with E-state index in [0.29, 0.717) is 5.13 Å². The van der Waals surface area contributed by atoms with Crippen molar-refractivity contribution in [1.82, 2.24) is 4.98 Å². The van der Waals surface area contributed by atoms with E-state index < -0.39 is 0 Å². The molecule has 0 spiro atoms. The fourth-order valence-electron chi connectivity index (χ4n) is 1.79. The van der Waals surface area contributed by atoms with Gasteiger partial charge < -0.3 is 5.32 Å². The Morgan fingerprint density at radius 2 is 1.87 bits per heavy atom. The fourth-order valence-corrected chi connectivity index (χ4v) is 2.52. The topological polar surface area (TPSA) is 71.1 Å². The van der Waals surface area contributed by atoms with E-state index in [9.17, 15) is 9.59 Å². The summed E-state index contributed by atoms with van der Waals surface area (Å²) in [6.07, 6.45) is 6.74. The number of benzene rings is 1. The predicted molar refractivity (Wildman–Crippen MR) is 94.4 cm³/mol. The molecule has 2 amide bonds. The van der Waals surface area contributed by atoms with Crippen molar-refractivity contribution < 1.29 is 9.59 Å². The van der Waals surface area contributed by atoms with Crippen LogP contribution in [0.1, 0.15) is 13.8 Å². The minimum absolute atomic E-state index is 0.109. The highest BCUT2D eigenvalue weighted by molar-refractivity contribution is 7.14. The van der Waals surface area contributed by atoms with Crippen LogP contribution in [0.3, 0.4) is 0 Å². The van der Waals surface area contributed by atoms with Crippen molar-refractivity contribution in [3.8, 4) is 11.3 Å². The Kier molecular flexibility index (Phi) is 5.82. The molecule has 2 aromatic rings. The number of nitrogens with one attached hydrogen (secondary N) is 2. The first-order valence-electron chi connectivity index (χ1n) is 7.02. The molecular weight excluding hydrogens is 310 g/mol. The Balaban J connectivity index is 2.04. The molecule has 0 saturated heterocycles. The van der Waals surface area contributed by atoms with Crippen LogP contribution in [0.2, 0.25) is 0 Å². The smallest absolute Gasteiger partial charge is 0.250 e. The summed E-state index contributed by atoms with van der Waals surface area (Å²) >= 11 is 1.36. The third kappa shape index (κ3) is 5.19. The van der Waals surface area contributed by atoms with Crippen LogP contribution in [0.25, 0.3) is 11.3 Å². The van der Waals surface area contributed by atoms with E-state index in [-0.39, 0.29) is 11.8 Å². The van der Waals surface area contributed by atoms with Crippen LogP contribution in [0.15, 0.2) is 53.9 Å². The Bertz CT molecular complexity index is 745. The van der Waals surface area contributed by atoms with Gasteiger partial charge in [0.25, 0.3) is 0 Å². The summed E-state index contributed by atoms with van der Waals surface area (Å²) in [6.45, 7) is 3.35. The zero-order valence-corrected chi connectivity index (χ0v) is 13.7. The summed E-state index contributed by atoms with van der Waals surface area (Å²) in [6, 6.07) is 7.37. The van der Waals surface area contributed by atoms with Gasteiger partial charge in [0.2, 0.25) is 11.8 Å². The maximum atomic E-state index is 11.7. The standard InChI is InChI=1S/C17H17N3O2S/c1-3-4-5-6-16(22)20-17-19-15(11-23-17)13-7-9-14(10-8-13)18-12(2)21/h3-11H,1-2H3,(H,18,21)(H,19,20,22)/b4-3+,6-5+. The molecule has 0 saturated carbocycles. The maximum Gasteiger partial charge on any atom is 0.250 e. The summed E-state index contributed by atoms with van der Waals surface area (Å²) in [5, 5.41) is 7.85. The number of hydrogen-bond donors (Lipinski definition) is 2. The zero-order valence-electron chi connectivity index (χ0n) is 12.9. The lowest BCUT2D eigenvalue weighted by Gasteiger charge is -2.02. The number of carbonyl (C=O) groups excluding carboxylic acids is 2. The first kappa shape index (κ1) is 16.6. The van der Waals surface area contributed by atoms with E-state index >= 15 is 0 Å². The number of thiazole rings is 1. The number of anilines is 2. The van der Waals surface area contributed by atoms with Crippen LogP contribution in [0, 0.1) is 0 Å². The second kappa shape index (κ2) is 8.05. The van der Waals surface area contributed by atoms with Gasteiger partial charge in [0.1, 0.15) is 0 Å². The highest BCUT2D eigenvalue weighted by atomic mass is 32.1. The average molecular weight is 327 g/mol. The van der Waals surface area contributed by atoms with Crippen LogP contribution in [0.4, 0.5) is 10.8 Å². The predicted octanol–water partition coefficient (Wildman–Crippen LogP) is 3.84. The van der Waals surface area contributed by atoms with E-state index in [4.69, 9.17) is 0 Å². The molecule has 0 aliphatic heterocycles. The summed E-state index contributed by atoms with van der Waals surface area (Å²) in [7, 11) is 0. The molecule has 23 heavy (non-hydrogen) atoms. The van der Waals surface area contributed by atoms with Crippen LogP contribution in [0.5, 0.6) is 0 Å². The minimum Gasteiger partial charge on any atom is -0.326 e. The number of amides is 2. The summed E-state index contributed by atoms with van der Waals surface area (Å²) in [5.41, 5.74) is 2.43. The van der Waals surface area contributed by atoms with Gasteiger partial charge in [-0.15, -0.1) is 11.3 Å². The molecule has 1 aromatic carbocycles. The van der Waals surface area contributed by atoms with Gasteiger partial charge in [-0.25, -0.2) is 4.98 Å². The first-order chi connectivity index (χ1) is 11.1. The zero-order chi connectivity index (χ0) is 16.7. The van der Waals surface area contributed by atoms with Gasteiger partial charge in [-0.05, 0) is 19.1 Å². The Labute approximate surface area is 138 Å². The molecule has 1 aromatic heterocycles. The van der Waals surface area contributed by atoms with Crippen molar-refractivity contribution in [1.29, 1.82) is 0 Å². The Morgan fingerprint density at radius 1 is 1.13 bits per heavy atom. The second-order valence-corrected chi connectivity index (χ2v) is 5.53. The lowest BCUT2D eigenvalue weighted by atomic mass is 10.1. The van der Waals surface area contributed by atoms with Crippen molar-refractivity contribution in [3.63, 3.8) is 0 Å². The molecule has 0 unspecified atom stereocenters. The number of aromatic nitrogens is 1. The molecule has 2 rings (SSSR count). The molecule has 0 bridgehead atoms. The van der Waals surface area contributed by atoms with Gasteiger partial charge in [0.05, 0.1) is 5.69 Å². The molecule has 6 heteroatoms. The molecule has 0 aliphatic carbocycles. The monoisotopic (exact) mass is 327 g/mol. The molecular formula is C17H17N3O2S. The van der Waals surface area contributed by atoms with Crippen molar-refractivity contribution in [3.05, 3.63) is 53.9 Å². The molecule has 0 aliphatic rings. The van der Waals surface area contributed by atoms with Gasteiger partial charge in [0.15, 0.2) is 5.13 Å². The molecule has 1 heterocycles. The quantitative estimate of drug-likeness (QED) is 0.647. The molecule has 0 fully saturated rings. The van der Waals surface area contributed by atoms with Crippen molar-refractivity contribution >= 4 is 34.0 Å². The first-order valence-corrected chi connectivity index (χ1v) is 7.90. The Hall–Kier alpha value is -2.73. The summed E-state index contributed by atoms with van der Waals surface area (Å²) in [5.74, 6) is -0.326. The van der Waals surface area contributed by atoms with Crippen LogP contribution in [-0.2, 0) is 9.59 Å². The van der Waals surface area contributed by atoms with E-state index in [0.717, 1.165) is 16.9 Å². The summed E-state index contributed by atoms with van der Waals surface area (Å²) < 4.78 is 0. The van der Waals surface area contributed by atoms with Crippen molar-refractivity contribution in [2.45, 2.75) is 13.8 Å². The van der Waals surface area contributed by atoms with E-state index in [2.05, 4.69) is 15.6 Å². The van der Waals surface area contributed by atoms with Gasteiger partial charge in [0, 0.05) is 29.6 Å². The number of nitrogens with zero attached hydrogens (tertiary/aromatic N) is 1. The van der Waals surface area contributed by atoms with E-state index in [1.807, 2.05) is 42.6 Å². The van der Waals surface area contributed by atoms with Gasteiger partial charge in [-0.3, -0.25) is 14.9 Å². The molecule has 0 radical (unpaired) electrons. The van der Waals surface area contributed by atoms with E-state index in [1.165, 1.54) is 24.3 Å². The van der Waals surface area contributed by atoms with Crippen LogP contribution in [-0.4, -0.2) is 16.8 Å². The average Bonchev–Trinajstić information content (AvgIpc) is 2.96. The minimum atomic E-state index is -0.218. The summed E-state index contributed by atoms with van der Waals surface area (Å²) in [4.78, 5) is 27.1. The maximum absolute atomic E-state index is 11.7. The molecule has 0 atom stereocenters. The van der Waals surface area contributed by atoms with Crippen LogP contribution < -0.4 is 10.6 Å². The molecule has 118 valence electrons. The van der Waals surface area contributed by atoms with E-state index in [1.54, 1.807) is 12.2 Å².